The third kappa shape index (κ3) is 2.93. The highest BCUT2D eigenvalue weighted by atomic mass is 16.7. The van der Waals surface area contributed by atoms with Crippen LogP contribution in [0.5, 0.6) is 0 Å². The highest BCUT2D eigenvalue weighted by molar-refractivity contribution is 5.68. The molecule has 0 atom stereocenters. The van der Waals surface area contributed by atoms with E-state index in [1.165, 1.54) is 20.1 Å². The quantitative estimate of drug-likeness (QED) is 0.542. The first kappa shape index (κ1) is 10.3. The zero-order valence-corrected chi connectivity index (χ0v) is 7.85. The van der Waals surface area contributed by atoms with Crippen molar-refractivity contribution in [1.82, 2.24) is 0 Å². The van der Waals surface area contributed by atoms with Crippen LogP contribution in [0.25, 0.3) is 0 Å². The smallest absolute Gasteiger partial charge is 0.306 e. The molecule has 0 aliphatic carbocycles. The Bertz CT molecular complexity index is 298. The van der Waals surface area contributed by atoms with E-state index < -0.39 is 18.2 Å². The van der Waals surface area contributed by atoms with Crippen molar-refractivity contribution in [2.45, 2.75) is 20.1 Å². The van der Waals surface area contributed by atoms with Gasteiger partial charge in [0, 0.05) is 13.8 Å². The van der Waals surface area contributed by atoms with E-state index in [1.54, 1.807) is 12.1 Å². The summed E-state index contributed by atoms with van der Waals surface area (Å²) in [5.74, 6) is -0.823. The number of esters is 2. The van der Waals surface area contributed by atoms with Crippen LogP contribution in [-0.4, -0.2) is 11.9 Å². The van der Waals surface area contributed by atoms with Crippen molar-refractivity contribution in [1.29, 1.82) is 0 Å². The molecule has 0 aliphatic rings. The van der Waals surface area contributed by atoms with Crippen molar-refractivity contribution in [2.24, 2.45) is 0 Å². The molecule has 5 nitrogen and oxygen atoms in total. The standard InChI is InChI=1S/C9H10O5/c1-6(10)13-9(14-7(2)11)8-4-3-5-12-8/h3-5,9H,1-2H3. The molecule has 0 saturated heterocycles. The number of rotatable bonds is 3. The van der Waals surface area contributed by atoms with E-state index in [9.17, 15) is 9.59 Å². The summed E-state index contributed by atoms with van der Waals surface area (Å²) >= 11 is 0. The van der Waals surface area contributed by atoms with Crippen molar-refractivity contribution in [2.75, 3.05) is 0 Å². The number of hydrogen-bond donors (Lipinski definition) is 0. The maximum absolute atomic E-state index is 10.7. The molecular weight excluding hydrogens is 188 g/mol. The van der Waals surface area contributed by atoms with Crippen LogP contribution in [0.2, 0.25) is 0 Å². The summed E-state index contributed by atoms with van der Waals surface area (Å²) in [6.45, 7) is 2.44. The van der Waals surface area contributed by atoms with Crippen molar-refractivity contribution < 1.29 is 23.5 Å². The molecule has 1 aromatic rings. The lowest BCUT2D eigenvalue weighted by Crippen LogP contribution is -2.14. The molecule has 76 valence electrons. The third-order valence-corrected chi connectivity index (χ3v) is 1.32. The Morgan fingerprint density at radius 2 is 1.86 bits per heavy atom. The minimum atomic E-state index is -1.10. The molecule has 0 N–H and O–H groups in total. The van der Waals surface area contributed by atoms with E-state index in [1.807, 2.05) is 0 Å². The SMILES string of the molecule is CC(=O)OC(OC(C)=O)c1ccco1. The van der Waals surface area contributed by atoms with Crippen molar-refractivity contribution in [3.8, 4) is 0 Å². The van der Waals surface area contributed by atoms with Gasteiger partial charge in [0.25, 0.3) is 0 Å². The molecule has 0 bridgehead atoms. The highest BCUT2D eigenvalue weighted by Gasteiger charge is 2.20. The van der Waals surface area contributed by atoms with Crippen LogP contribution in [-0.2, 0) is 19.1 Å². The first-order valence-corrected chi connectivity index (χ1v) is 3.97. The van der Waals surface area contributed by atoms with Crippen LogP contribution in [0.1, 0.15) is 25.9 Å². The van der Waals surface area contributed by atoms with Gasteiger partial charge >= 0.3 is 18.2 Å². The number of furan rings is 1. The maximum atomic E-state index is 10.7. The second-order valence-corrected chi connectivity index (χ2v) is 2.57. The Morgan fingerprint density at radius 1 is 1.29 bits per heavy atom. The lowest BCUT2D eigenvalue weighted by Gasteiger charge is -2.13. The van der Waals surface area contributed by atoms with E-state index in [4.69, 9.17) is 13.9 Å². The first-order chi connectivity index (χ1) is 6.59. The molecule has 0 fully saturated rings. The van der Waals surface area contributed by atoms with Crippen LogP contribution >= 0.6 is 0 Å². The van der Waals surface area contributed by atoms with E-state index in [-0.39, 0.29) is 5.76 Å². The van der Waals surface area contributed by atoms with Crippen LogP contribution in [0.4, 0.5) is 0 Å². The van der Waals surface area contributed by atoms with E-state index in [0.29, 0.717) is 0 Å². The fourth-order valence-electron chi connectivity index (χ4n) is 0.867. The number of ether oxygens (including phenoxy) is 2. The monoisotopic (exact) mass is 198 g/mol. The van der Waals surface area contributed by atoms with Crippen molar-refractivity contribution in [3.63, 3.8) is 0 Å². The van der Waals surface area contributed by atoms with E-state index in [2.05, 4.69) is 0 Å². The average molecular weight is 198 g/mol. The topological polar surface area (TPSA) is 65.7 Å². The van der Waals surface area contributed by atoms with Gasteiger partial charge in [0.2, 0.25) is 0 Å². The molecule has 1 rings (SSSR count). The number of hydrogen-bond acceptors (Lipinski definition) is 5. The summed E-state index contributed by atoms with van der Waals surface area (Å²) in [6.07, 6.45) is 0.301. The Labute approximate surface area is 80.6 Å². The molecule has 14 heavy (non-hydrogen) atoms. The molecule has 0 saturated carbocycles. The van der Waals surface area contributed by atoms with Gasteiger partial charge < -0.3 is 13.9 Å². The lowest BCUT2D eigenvalue weighted by molar-refractivity contribution is -0.189. The normalized spacial score (nSPS) is 9.93. The second kappa shape index (κ2) is 4.45. The maximum Gasteiger partial charge on any atom is 0.306 e. The lowest BCUT2D eigenvalue weighted by atomic mass is 10.4. The Morgan fingerprint density at radius 3 is 2.21 bits per heavy atom. The molecular formula is C9H10O5. The molecule has 0 spiro atoms. The Balaban J connectivity index is 2.71. The van der Waals surface area contributed by atoms with Crippen LogP contribution < -0.4 is 0 Å². The highest BCUT2D eigenvalue weighted by Crippen LogP contribution is 2.19. The van der Waals surface area contributed by atoms with Gasteiger partial charge in [-0.2, -0.15) is 0 Å². The predicted molar refractivity (Wildman–Crippen MR) is 45.0 cm³/mol. The van der Waals surface area contributed by atoms with Crippen LogP contribution in [0.15, 0.2) is 22.8 Å². The molecule has 1 aromatic heterocycles. The van der Waals surface area contributed by atoms with E-state index >= 15 is 0 Å². The van der Waals surface area contributed by atoms with Crippen LogP contribution in [0, 0.1) is 0 Å². The summed E-state index contributed by atoms with van der Waals surface area (Å²) in [7, 11) is 0. The van der Waals surface area contributed by atoms with Crippen molar-refractivity contribution >= 4 is 11.9 Å². The summed E-state index contributed by atoms with van der Waals surface area (Å²) in [5, 5.41) is 0. The fraction of sp³-hybridized carbons (Fsp3) is 0.333. The van der Waals surface area contributed by atoms with Crippen LogP contribution in [0.3, 0.4) is 0 Å². The zero-order chi connectivity index (χ0) is 10.6. The van der Waals surface area contributed by atoms with Gasteiger partial charge in [-0.1, -0.05) is 0 Å². The fourth-order valence-corrected chi connectivity index (χ4v) is 0.867. The third-order valence-electron chi connectivity index (χ3n) is 1.32. The van der Waals surface area contributed by atoms with Gasteiger partial charge in [-0.25, -0.2) is 0 Å². The Hall–Kier alpha value is -1.78. The molecule has 0 unspecified atom stereocenters. The van der Waals surface area contributed by atoms with Gasteiger partial charge in [0.1, 0.15) is 0 Å². The second-order valence-electron chi connectivity index (χ2n) is 2.57. The zero-order valence-electron chi connectivity index (χ0n) is 7.85. The minimum absolute atomic E-state index is 0.274. The molecule has 5 heteroatoms. The molecule has 0 radical (unpaired) electrons. The minimum Gasteiger partial charge on any atom is -0.461 e. The number of carbonyl (C=O) groups is 2. The van der Waals surface area contributed by atoms with Gasteiger partial charge in [-0.15, -0.1) is 0 Å². The molecule has 0 aromatic carbocycles. The van der Waals surface area contributed by atoms with Gasteiger partial charge in [-0.3, -0.25) is 9.59 Å². The summed E-state index contributed by atoms with van der Waals surface area (Å²) in [6, 6.07) is 3.16. The van der Waals surface area contributed by atoms with Gasteiger partial charge in [0.05, 0.1) is 6.26 Å². The largest absolute Gasteiger partial charge is 0.461 e. The summed E-state index contributed by atoms with van der Waals surface area (Å²) in [4.78, 5) is 21.4. The van der Waals surface area contributed by atoms with Gasteiger partial charge in [0.15, 0.2) is 5.76 Å². The summed E-state index contributed by atoms with van der Waals surface area (Å²) in [5.41, 5.74) is 0. The molecule has 0 aliphatic heterocycles. The summed E-state index contributed by atoms with van der Waals surface area (Å²) < 4.78 is 14.4. The first-order valence-electron chi connectivity index (χ1n) is 3.97. The van der Waals surface area contributed by atoms with Gasteiger partial charge in [-0.05, 0) is 12.1 Å². The average Bonchev–Trinajstić information content (AvgIpc) is 2.52. The molecule has 1 heterocycles. The van der Waals surface area contributed by atoms with E-state index in [0.717, 1.165) is 0 Å². The predicted octanol–water partition coefficient (Wildman–Crippen LogP) is 1.40. The van der Waals surface area contributed by atoms with Crippen molar-refractivity contribution in [3.05, 3.63) is 24.2 Å². The molecule has 0 amide bonds. The number of carbonyl (C=O) groups excluding carboxylic acids is 2. The Kier molecular flexibility index (Phi) is 3.28.